The molecule has 2 aromatic heterocycles. The second kappa shape index (κ2) is 19.3. The van der Waals surface area contributed by atoms with E-state index < -0.39 is 24.3 Å². The number of alkyl carbamates (subject to hydrolysis) is 2. The number of rotatable bonds is 13. The maximum absolute atomic E-state index is 14.7. The summed E-state index contributed by atoms with van der Waals surface area (Å²) in [5.74, 6) is 2.01. The Hall–Kier alpha value is -7.00. The molecule has 5 aromatic carbocycles. The van der Waals surface area contributed by atoms with E-state index in [9.17, 15) is 19.2 Å². The van der Waals surface area contributed by atoms with Crippen LogP contribution in [0.3, 0.4) is 0 Å². The number of nitrogens with one attached hydrogen (secondary N) is 4. The highest BCUT2D eigenvalue weighted by atomic mass is 16.5. The van der Waals surface area contributed by atoms with Gasteiger partial charge in [-0.2, -0.15) is 0 Å². The quantitative estimate of drug-likeness (QED) is 0.0874. The highest BCUT2D eigenvalue weighted by Gasteiger charge is 2.51. The number of aromatic amines is 2. The van der Waals surface area contributed by atoms with E-state index in [-0.39, 0.29) is 47.7 Å². The zero-order valence-electron chi connectivity index (χ0n) is 40.8. The predicted molar refractivity (Wildman–Crippen MR) is 271 cm³/mol. The van der Waals surface area contributed by atoms with Crippen LogP contribution in [-0.2, 0) is 23.8 Å². The number of nitrogens with zero attached hydrogens (tertiary/aromatic N) is 4. The number of hydrogen-bond donors (Lipinski definition) is 4. The van der Waals surface area contributed by atoms with Crippen molar-refractivity contribution in [3.8, 4) is 11.1 Å². The van der Waals surface area contributed by atoms with Crippen LogP contribution in [-0.4, -0.2) is 99.8 Å². The second-order valence-electron chi connectivity index (χ2n) is 20.6. The molecule has 4 heterocycles. The lowest BCUT2D eigenvalue weighted by Crippen LogP contribution is -2.54. The van der Waals surface area contributed by atoms with Crippen molar-refractivity contribution in [2.45, 2.75) is 95.4 Å². The van der Waals surface area contributed by atoms with E-state index in [2.05, 4.69) is 69.1 Å². The summed E-state index contributed by atoms with van der Waals surface area (Å²) >= 11 is 0. The molecule has 7 aromatic rings. The van der Waals surface area contributed by atoms with Gasteiger partial charge in [0.2, 0.25) is 5.91 Å². The van der Waals surface area contributed by atoms with Crippen molar-refractivity contribution in [3.63, 3.8) is 0 Å². The van der Waals surface area contributed by atoms with Gasteiger partial charge in [0.15, 0.2) is 0 Å². The predicted octanol–water partition coefficient (Wildman–Crippen LogP) is 10.0. The van der Waals surface area contributed by atoms with Crippen LogP contribution in [0.4, 0.5) is 9.59 Å². The fourth-order valence-electron chi connectivity index (χ4n) is 12.2. The van der Waals surface area contributed by atoms with E-state index in [0.29, 0.717) is 36.9 Å². The molecule has 0 radical (unpaired) electrons. The molecule has 15 heteroatoms. The molecular formula is C56H62N8O7. The summed E-state index contributed by atoms with van der Waals surface area (Å²) in [6.45, 7) is 5.63. The molecule has 7 atom stereocenters. The van der Waals surface area contributed by atoms with Crippen molar-refractivity contribution in [1.82, 2.24) is 40.4 Å². The average Bonchev–Trinajstić information content (AvgIpc) is 4.27. The number of imidazole rings is 2. The van der Waals surface area contributed by atoms with E-state index in [1.807, 2.05) is 66.1 Å². The summed E-state index contributed by atoms with van der Waals surface area (Å²) in [5.41, 5.74) is 6.30. The maximum atomic E-state index is 14.7. The van der Waals surface area contributed by atoms with Crippen LogP contribution in [0, 0.1) is 23.7 Å². The van der Waals surface area contributed by atoms with Crippen LogP contribution in [0.5, 0.6) is 0 Å². The molecule has 2 saturated carbocycles. The molecule has 0 spiro atoms. The zero-order valence-corrected chi connectivity index (χ0v) is 40.8. The minimum atomic E-state index is -0.942. The summed E-state index contributed by atoms with van der Waals surface area (Å²) in [7, 11) is 2.61. The van der Waals surface area contributed by atoms with Crippen LogP contribution < -0.4 is 10.6 Å². The molecule has 4 aliphatic rings. The van der Waals surface area contributed by atoms with E-state index in [0.717, 1.165) is 86.4 Å². The van der Waals surface area contributed by atoms with Crippen LogP contribution in [0.1, 0.15) is 101 Å². The number of amides is 4. The summed E-state index contributed by atoms with van der Waals surface area (Å²) in [4.78, 5) is 75.2. The lowest BCUT2D eigenvalue weighted by Gasteiger charge is -2.37. The Labute approximate surface area is 412 Å². The van der Waals surface area contributed by atoms with Crippen LogP contribution in [0.2, 0.25) is 0 Å². The van der Waals surface area contributed by atoms with Gasteiger partial charge in [0.05, 0.1) is 55.0 Å². The van der Waals surface area contributed by atoms with E-state index in [1.165, 1.54) is 39.9 Å². The minimum absolute atomic E-state index is 0.0880. The van der Waals surface area contributed by atoms with Crippen molar-refractivity contribution < 1.29 is 33.4 Å². The molecule has 4 fully saturated rings. The molecule has 2 aliphatic heterocycles. The van der Waals surface area contributed by atoms with Gasteiger partial charge in [-0.15, -0.1) is 0 Å². The minimum Gasteiger partial charge on any atom is -0.453 e. The Balaban J connectivity index is 0.868. The van der Waals surface area contributed by atoms with Gasteiger partial charge in [-0.25, -0.2) is 19.6 Å². The Bertz CT molecular complexity index is 3140. The molecular weight excluding hydrogens is 897 g/mol. The molecule has 15 nitrogen and oxygen atoms in total. The summed E-state index contributed by atoms with van der Waals surface area (Å²) in [6, 6.07) is 28.4. The molecule has 2 bridgehead atoms. The number of fused-ring (bicyclic) bond motifs is 8. The van der Waals surface area contributed by atoms with E-state index in [1.54, 1.807) is 0 Å². The lowest BCUT2D eigenvalue weighted by molar-refractivity contribution is -0.139. The Morgan fingerprint density at radius 2 is 1.31 bits per heavy atom. The molecule has 4 amide bonds. The number of methoxy groups -OCH3 is 2. The van der Waals surface area contributed by atoms with Gasteiger partial charge in [-0.3, -0.25) is 9.59 Å². The molecule has 71 heavy (non-hydrogen) atoms. The largest absolute Gasteiger partial charge is 0.453 e. The van der Waals surface area contributed by atoms with Crippen molar-refractivity contribution >= 4 is 67.6 Å². The SMILES string of the molecule is COC(=O)N[C@H](C(=O)N1[C@H]2CC[C@H](C2)[C@H]1c1nc2ccc3cc(-c4ccc5c(ccc6nc([C@@H]7C[C@H](COCC8CCCC8)CN7C(=O)[C@H](NC(=O)OC)c7ccccc7)[nH]c65)c4)ccc3c2[nH]1)C(C)C. The fraction of sp³-hybridized carbons (Fsp3) is 0.429. The van der Waals surface area contributed by atoms with Crippen molar-refractivity contribution in [1.29, 1.82) is 0 Å². The van der Waals surface area contributed by atoms with Gasteiger partial charge in [0.25, 0.3) is 5.91 Å². The standard InChI is InChI=1S/C56H62N8O7/c1-31(2)46(61-55(67)69-3)54(66)64-40-19-14-39(27-40)50(64)52-58-44-23-18-38-26-36(16-21-42(38)49(44)60-52)35-15-20-41-37(25-35)17-22-43-48(41)59-51(57-43)45-24-33(30-71-29-32-10-8-9-11-32)28-63(45)53(65)47(62-56(68)70-4)34-12-6-5-7-13-34/h5-7,12-13,15-18,20-23,25-26,31-33,39-40,45-47,50H,8-11,14,19,24,27-30H2,1-4H3,(H,57,59)(H,58,60)(H,61,67)(H,62,68)/t33-,39+,40-,45-,46-,47+,50-/m0/s1. The van der Waals surface area contributed by atoms with Gasteiger partial charge in [-0.1, -0.05) is 93.4 Å². The number of piperidine rings is 1. The maximum Gasteiger partial charge on any atom is 0.407 e. The number of likely N-dealkylation sites (tertiary alicyclic amines) is 2. The third-order valence-electron chi connectivity index (χ3n) is 15.8. The molecule has 0 unspecified atom stereocenters. The third-order valence-corrected chi connectivity index (χ3v) is 15.8. The molecule has 2 saturated heterocycles. The Kier molecular flexibility index (Phi) is 12.6. The molecule has 2 aliphatic carbocycles. The van der Waals surface area contributed by atoms with Gasteiger partial charge in [0, 0.05) is 35.9 Å². The average molecular weight is 959 g/mol. The number of carbonyl (C=O) groups excluding carboxylic acids is 4. The van der Waals surface area contributed by atoms with Crippen molar-refractivity contribution in [3.05, 3.63) is 108 Å². The summed E-state index contributed by atoms with van der Waals surface area (Å²) in [6.07, 6.45) is 7.19. The summed E-state index contributed by atoms with van der Waals surface area (Å²) in [5, 5.41) is 9.77. The van der Waals surface area contributed by atoms with Crippen LogP contribution in [0.15, 0.2) is 91.0 Å². The number of aromatic nitrogens is 4. The van der Waals surface area contributed by atoms with Gasteiger partial charge >= 0.3 is 12.2 Å². The van der Waals surface area contributed by atoms with E-state index in [4.69, 9.17) is 24.2 Å². The van der Waals surface area contributed by atoms with Crippen LogP contribution in [0.25, 0.3) is 54.7 Å². The molecule has 4 N–H and O–H groups in total. The smallest absolute Gasteiger partial charge is 0.407 e. The monoisotopic (exact) mass is 958 g/mol. The first-order valence-electron chi connectivity index (χ1n) is 25.3. The van der Waals surface area contributed by atoms with Crippen molar-refractivity contribution in [2.24, 2.45) is 23.7 Å². The molecule has 11 rings (SSSR count). The highest BCUT2D eigenvalue weighted by molar-refractivity contribution is 6.07. The van der Waals surface area contributed by atoms with Crippen molar-refractivity contribution in [2.75, 3.05) is 34.0 Å². The first-order valence-corrected chi connectivity index (χ1v) is 25.3. The number of carbonyl (C=O) groups is 4. The zero-order chi connectivity index (χ0) is 48.9. The second-order valence-corrected chi connectivity index (χ2v) is 20.6. The third kappa shape index (κ3) is 8.82. The first kappa shape index (κ1) is 46.4. The number of hydrogen-bond acceptors (Lipinski definition) is 9. The number of benzene rings is 5. The van der Waals surface area contributed by atoms with Gasteiger partial charge in [-0.05, 0) is 108 Å². The van der Waals surface area contributed by atoms with Gasteiger partial charge < -0.3 is 44.6 Å². The number of H-pyrrole nitrogens is 2. The normalized spacial score (nSPS) is 22.0. The topological polar surface area (TPSA) is 184 Å². The highest BCUT2D eigenvalue weighted by Crippen LogP contribution is 2.50. The summed E-state index contributed by atoms with van der Waals surface area (Å²) < 4.78 is 16.2. The lowest BCUT2D eigenvalue weighted by atomic mass is 9.95. The fourth-order valence-corrected chi connectivity index (χ4v) is 12.2. The van der Waals surface area contributed by atoms with E-state index >= 15 is 0 Å². The van der Waals surface area contributed by atoms with Crippen LogP contribution >= 0.6 is 0 Å². The first-order chi connectivity index (χ1) is 34.5. The van der Waals surface area contributed by atoms with Gasteiger partial charge in [0.1, 0.15) is 23.7 Å². The molecule has 368 valence electrons. The Morgan fingerprint density at radius 1 is 0.690 bits per heavy atom. The number of ether oxygens (including phenoxy) is 3. The Morgan fingerprint density at radius 3 is 1.96 bits per heavy atom.